The van der Waals surface area contributed by atoms with Crippen molar-refractivity contribution in [2.75, 3.05) is 6.61 Å². The van der Waals surface area contributed by atoms with Crippen molar-refractivity contribution in [2.45, 2.75) is 33.1 Å². The van der Waals surface area contributed by atoms with E-state index in [1.165, 1.54) is 6.42 Å². The van der Waals surface area contributed by atoms with E-state index in [9.17, 15) is 4.79 Å². The van der Waals surface area contributed by atoms with Gasteiger partial charge in [0, 0.05) is 0 Å². The Hall–Kier alpha value is -0.530. The highest BCUT2D eigenvalue weighted by molar-refractivity contribution is 5.36. The summed E-state index contributed by atoms with van der Waals surface area (Å²) in [6, 6.07) is 0. The molecule has 0 radical (unpaired) electrons. The lowest BCUT2D eigenvalue weighted by molar-refractivity contribution is -0.128. The van der Waals surface area contributed by atoms with Crippen LogP contribution in [0.15, 0.2) is 0 Å². The topological polar surface area (TPSA) is 26.3 Å². The van der Waals surface area contributed by atoms with Gasteiger partial charge in [0.25, 0.3) is 6.47 Å². The zero-order chi connectivity index (χ0) is 7.82. The SMILES string of the molecule is CCC(C)CCCOC=O. The van der Waals surface area contributed by atoms with Crippen molar-refractivity contribution in [3.05, 3.63) is 0 Å². The number of hydrogen-bond acceptors (Lipinski definition) is 2. The minimum absolute atomic E-state index is 0.511. The molecule has 0 bridgehead atoms. The first kappa shape index (κ1) is 9.47. The van der Waals surface area contributed by atoms with Crippen molar-refractivity contribution >= 4 is 6.47 Å². The van der Waals surface area contributed by atoms with E-state index in [1.54, 1.807) is 0 Å². The molecule has 0 N–H and O–H groups in total. The molecule has 0 aliphatic carbocycles. The first-order chi connectivity index (χ1) is 4.81. The summed E-state index contributed by atoms with van der Waals surface area (Å²) in [7, 11) is 0. The maximum atomic E-state index is 9.70. The number of carbonyl (C=O) groups excluding carboxylic acids is 1. The van der Waals surface area contributed by atoms with Gasteiger partial charge in [-0.05, 0) is 18.8 Å². The van der Waals surface area contributed by atoms with Crippen LogP contribution in [-0.4, -0.2) is 13.1 Å². The molecule has 0 saturated carbocycles. The predicted molar refractivity (Wildman–Crippen MR) is 40.7 cm³/mol. The van der Waals surface area contributed by atoms with E-state index in [1.807, 2.05) is 0 Å². The van der Waals surface area contributed by atoms with Crippen LogP contribution in [0.25, 0.3) is 0 Å². The van der Waals surface area contributed by atoms with E-state index >= 15 is 0 Å². The number of rotatable bonds is 6. The lowest BCUT2D eigenvalue weighted by atomic mass is 10.0. The Kier molecular flexibility index (Phi) is 6.24. The second kappa shape index (κ2) is 6.59. The summed E-state index contributed by atoms with van der Waals surface area (Å²) in [6.07, 6.45) is 3.36. The van der Waals surface area contributed by atoms with Gasteiger partial charge in [-0.1, -0.05) is 20.3 Å². The van der Waals surface area contributed by atoms with Gasteiger partial charge >= 0.3 is 0 Å². The van der Waals surface area contributed by atoms with Gasteiger partial charge in [0.1, 0.15) is 0 Å². The van der Waals surface area contributed by atoms with Crippen LogP contribution < -0.4 is 0 Å². The van der Waals surface area contributed by atoms with Crippen LogP contribution in [0.1, 0.15) is 33.1 Å². The lowest BCUT2D eigenvalue weighted by Crippen LogP contribution is -1.97. The third-order valence-corrected chi connectivity index (χ3v) is 1.72. The molecule has 10 heavy (non-hydrogen) atoms. The fraction of sp³-hybridized carbons (Fsp3) is 0.875. The molecule has 0 aliphatic rings. The number of ether oxygens (including phenoxy) is 1. The molecule has 0 saturated heterocycles. The Labute approximate surface area is 62.6 Å². The van der Waals surface area contributed by atoms with Crippen molar-refractivity contribution < 1.29 is 9.53 Å². The van der Waals surface area contributed by atoms with Crippen LogP contribution in [-0.2, 0) is 9.53 Å². The molecule has 0 aromatic carbocycles. The van der Waals surface area contributed by atoms with Gasteiger partial charge in [-0.25, -0.2) is 0 Å². The predicted octanol–water partition coefficient (Wildman–Crippen LogP) is 1.99. The standard InChI is InChI=1S/C8H16O2/c1-3-8(2)5-4-6-10-7-9/h7-8H,3-6H2,1-2H3. The summed E-state index contributed by atoms with van der Waals surface area (Å²) in [5, 5.41) is 0. The molecule has 0 fully saturated rings. The minimum atomic E-state index is 0.511. The van der Waals surface area contributed by atoms with E-state index in [4.69, 9.17) is 0 Å². The summed E-state index contributed by atoms with van der Waals surface area (Å²) in [5.74, 6) is 0.759. The molecule has 0 amide bonds. The number of hydrogen-bond donors (Lipinski definition) is 0. The fourth-order valence-corrected chi connectivity index (χ4v) is 0.767. The Morgan fingerprint density at radius 2 is 2.30 bits per heavy atom. The average Bonchev–Trinajstić information content (AvgIpc) is 1.98. The summed E-state index contributed by atoms with van der Waals surface area (Å²) in [5.41, 5.74) is 0. The van der Waals surface area contributed by atoms with E-state index in [0.717, 1.165) is 18.8 Å². The van der Waals surface area contributed by atoms with Crippen molar-refractivity contribution in [3.63, 3.8) is 0 Å². The first-order valence-corrected chi connectivity index (χ1v) is 3.86. The Bertz CT molecular complexity index is 81.3. The van der Waals surface area contributed by atoms with Crippen molar-refractivity contribution in [2.24, 2.45) is 5.92 Å². The average molecular weight is 144 g/mol. The van der Waals surface area contributed by atoms with Crippen LogP contribution in [0, 0.1) is 5.92 Å². The van der Waals surface area contributed by atoms with Gasteiger partial charge in [0.15, 0.2) is 0 Å². The molecule has 0 heterocycles. The van der Waals surface area contributed by atoms with Crippen LogP contribution in [0.2, 0.25) is 0 Å². The van der Waals surface area contributed by atoms with Crippen LogP contribution in [0.3, 0.4) is 0 Å². The summed E-state index contributed by atoms with van der Waals surface area (Å²) in [4.78, 5) is 9.70. The van der Waals surface area contributed by atoms with E-state index in [0.29, 0.717) is 13.1 Å². The maximum absolute atomic E-state index is 9.70. The second-order valence-corrected chi connectivity index (χ2v) is 2.62. The molecular weight excluding hydrogens is 128 g/mol. The molecule has 0 spiro atoms. The highest BCUT2D eigenvalue weighted by Gasteiger charge is 1.96. The third-order valence-electron chi connectivity index (χ3n) is 1.72. The largest absolute Gasteiger partial charge is 0.468 e. The maximum Gasteiger partial charge on any atom is 0.293 e. The monoisotopic (exact) mass is 144 g/mol. The summed E-state index contributed by atoms with van der Waals surface area (Å²) in [6.45, 7) is 5.47. The van der Waals surface area contributed by atoms with E-state index in [-0.39, 0.29) is 0 Å². The van der Waals surface area contributed by atoms with Gasteiger partial charge in [-0.15, -0.1) is 0 Å². The summed E-state index contributed by atoms with van der Waals surface area (Å²) >= 11 is 0. The molecule has 0 aromatic heterocycles. The van der Waals surface area contributed by atoms with Crippen LogP contribution in [0.4, 0.5) is 0 Å². The smallest absolute Gasteiger partial charge is 0.293 e. The van der Waals surface area contributed by atoms with Gasteiger partial charge in [0.2, 0.25) is 0 Å². The van der Waals surface area contributed by atoms with Gasteiger partial charge in [-0.2, -0.15) is 0 Å². The Morgan fingerprint density at radius 1 is 1.60 bits per heavy atom. The zero-order valence-electron chi connectivity index (χ0n) is 6.80. The molecule has 0 aromatic rings. The third kappa shape index (κ3) is 5.60. The first-order valence-electron chi connectivity index (χ1n) is 3.86. The highest BCUT2D eigenvalue weighted by Crippen LogP contribution is 2.08. The van der Waals surface area contributed by atoms with Crippen molar-refractivity contribution in [1.82, 2.24) is 0 Å². The molecule has 2 nitrogen and oxygen atoms in total. The van der Waals surface area contributed by atoms with Crippen LogP contribution in [0.5, 0.6) is 0 Å². The zero-order valence-corrected chi connectivity index (χ0v) is 6.80. The Balaban J connectivity index is 2.95. The molecular formula is C8H16O2. The molecule has 60 valence electrons. The van der Waals surface area contributed by atoms with Crippen LogP contribution >= 0.6 is 0 Å². The quantitative estimate of drug-likeness (QED) is 0.421. The summed E-state index contributed by atoms with van der Waals surface area (Å²) < 4.78 is 4.55. The van der Waals surface area contributed by atoms with Crippen molar-refractivity contribution in [1.29, 1.82) is 0 Å². The van der Waals surface area contributed by atoms with Crippen molar-refractivity contribution in [3.8, 4) is 0 Å². The van der Waals surface area contributed by atoms with Gasteiger partial charge in [-0.3, -0.25) is 4.79 Å². The molecule has 0 rings (SSSR count). The normalized spacial score (nSPS) is 12.6. The molecule has 1 atom stereocenters. The fourth-order valence-electron chi connectivity index (χ4n) is 0.767. The molecule has 0 aliphatic heterocycles. The number of carbonyl (C=O) groups is 1. The molecule has 1 unspecified atom stereocenters. The van der Waals surface area contributed by atoms with E-state index < -0.39 is 0 Å². The van der Waals surface area contributed by atoms with Gasteiger partial charge in [0.05, 0.1) is 6.61 Å². The second-order valence-electron chi connectivity index (χ2n) is 2.62. The highest BCUT2D eigenvalue weighted by atomic mass is 16.5. The molecule has 2 heteroatoms. The lowest BCUT2D eigenvalue weighted by Gasteiger charge is -2.05. The Morgan fingerprint density at radius 3 is 2.80 bits per heavy atom. The van der Waals surface area contributed by atoms with E-state index in [2.05, 4.69) is 18.6 Å². The minimum Gasteiger partial charge on any atom is -0.468 e. The van der Waals surface area contributed by atoms with Gasteiger partial charge < -0.3 is 4.74 Å².